The molecule has 2 aromatic carbocycles. The molecular weight excluding hydrogens is 223 g/mol. The van der Waals surface area contributed by atoms with Gasteiger partial charge in [0, 0.05) is 5.92 Å². The molecule has 0 spiro atoms. The molecular formula is C17H19F. The van der Waals surface area contributed by atoms with Gasteiger partial charge in [-0.25, -0.2) is 4.39 Å². The average molecular weight is 242 g/mol. The molecule has 0 saturated carbocycles. The second kappa shape index (κ2) is 4.93. The van der Waals surface area contributed by atoms with E-state index in [1.807, 2.05) is 12.1 Å². The van der Waals surface area contributed by atoms with Crippen LogP contribution in [0.25, 0.3) is 0 Å². The second-order valence-electron chi connectivity index (χ2n) is 5.06. The first-order valence-electron chi connectivity index (χ1n) is 6.33. The highest BCUT2D eigenvalue weighted by Crippen LogP contribution is 2.31. The van der Waals surface area contributed by atoms with Gasteiger partial charge in [-0.3, -0.25) is 0 Å². The van der Waals surface area contributed by atoms with E-state index in [-0.39, 0.29) is 11.7 Å². The molecule has 0 aliphatic carbocycles. The van der Waals surface area contributed by atoms with Crippen LogP contribution in [0.2, 0.25) is 0 Å². The standard InChI is InChI=1S/C17H19F/c1-11-9-12(2)17(13(3)10-11)14(4)15-7-5-6-8-16(15)18/h5-10,14H,1-4H3. The first-order chi connectivity index (χ1) is 8.50. The predicted molar refractivity (Wildman–Crippen MR) is 74.6 cm³/mol. The van der Waals surface area contributed by atoms with Crippen LogP contribution in [0.5, 0.6) is 0 Å². The van der Waals surface area contributed by atoms with E-state index < -0.39 is 0 Å². The Bertz CT molecular complexity index is 547. The van der Waals surface area contributed by atoms with Crippen molar-refractivity contribution in [1.82, 2.24) is 0 Å². The zero-order valence-corrected chi connectivity index (χ0v) is 11.4. The maximum Gasteiger partial charge on any atom is 0.127 e. The van der Waals surface area contributed by atoms with Crippen molar-refractivity contribution in [3.63, 3.8) is 0 Å². The zero-order valence-electron chi connectivity index (χ0n) is 11.4. The minimum atomic E-state index is -0.121. The number of hydrogen-bond acceptors (Lipinski definition) is 0. The van der Waals surface area contributed by atoms with Crippen molar-refractivity contribution >= 4 is 0 Å². The lowest BCUT2D eigenvalue weighted by Gasteiger charge is -2.19. The summed E-state index contributed by atoms with van der Waals surface area (Å²) < 4.78 is 13.9. The number of halogens is 1. The third-order valence-corrected chi connectivity index (χ3v) is 3.54. The highest BCUT2D eigenvalue weighted by molar-refractivity contribution is 5.44. The molecule has 0 aliphatic heterocycles. The summed E-state index contributed by atoms with van der Waals surface area (Å²) in [7, 11) is 0. The molecule has 0 amide bonds. The van der Waals surface area contributed by atoms with Crippen molar-refractivity contribution in [2.75, 3.05) is 0 Å². The fourth-order valence-electron chi connectivity index (χ4n) is 2.86. The SMILES string of the molecule is Cc1cc(C)c(C(C)c2ccccc2F)c(C)c1. The van der Waals surface area contributed by atoms with E-state index in [0.29, 0.717) is 0 Å². The number of aryl methyl sites for hydroxylation is 3. The normalized spacial score (nSPS) is 12.5. The highest BCUT2D eigenvalue weighted by atomic mass is 19.1. The van der Waals surface area contributed by atoms with Crippen LogP contribution in [0, 0.1) is 26.6 Å². The van der Waals surface area contributed by atoms with Crippen molar-refractivity contribution in [2.45, 2.75) is 33.6 Å². The third kappa shape index (κ3) is 2.31. The van der Waals surface area contributed by atoms with Gasteiger partial charge in [0.15, 0.2) is 0 Å². The molecule has 1 heteroatoms. The third-order valence-electron chi connectivity index (χ3n) is 3.54. The summed E-state index contributed by atoms with van der Waals surface area (Å²) in [6.45, 7) is 8.37. The maximum atomic E-state index is 13.9. The van der Waals surface area contributed by atoms with Crippen LogP contribution in [-0.4, -0.2) is 0 Å². The highest BCUT2D eigenvalue weighted by Gasteiger charge is 2.16. The topological polar surface area (TPSA) is 0 Å². The van der Waals surface area contributed by atoms with Gasteiger partial charge in [-0.1, -0.05) is 42.8 Å². The first kappa shape index (κ1) is 12.8. The van der Waals surface area contributed by atoms with Gasteiger partial charge < -0.3 is 0 Å². The van der Waals surface area contributed by atoms with Crippen LogP contribution in [0.3, 0.4) is 0 Å². The Morgan fingerprint density at radius 3 is 2.06 bits per heavy atom. The second-order valence-corrected chi connectivity index (χ2v) is 5.06. The summed E-state index contributed by atoms with van der Waals surface area (Å²) in [4.78, 5) is 0. The maximum absolute atomic E-state index is 13.9. The van der Waals surface area contributed by atoms with Gasteiger partial charge in [0.1, 0.15) is 5.82 Å². The van der Waals surface area contributed by atoms with Crippen LogP contribution >= 0.6 is 0 Å². The van der Waals surface area contributed by atoms with Crippen LogP contribution < -0.4 is 0 Å². The van der Waals surface area contributed by atoms with Crippen molar-refractivity contribution in [1.29, 1.82) is 0 Å². The molecule has 0 aliphatic rings. The molecule has 94 valence electrons. The summed E-state index contributed by atoms with van der Waals surface area (Å²) >= 11 is 0. The molecule has 0 saturated heterocycles. The number of hydrogen-bond donors (Lipinski definition) is 0. The van der Waals surface area contributed by atoms with E-state index in [0.717, 1.165) is 5.56 Å². The summed E-state index contributed by atoms with van der Waals surface area (Å²) in [5.41, 5.74) is 5.75. The quantitative estimate of drug-likeness (QED) is 0.702. The van der Waals surface area contributed by atoms with E-state index >= 15 is 0 Å². The summed E-state index contributed by atoms with van der Waals surface area (Å²) in [5, 5.41) is 0. The molecule has 0 radical (unpaired) electrons. The van der Waals surface area contributed by atoms with Crippen LogP contribution in [0.1, 0.15) is 40.7 Å². The van der Waals surface area contributed by atoms with E-state index in [1.165, 1.54) is 28.3 Å². The van der Waals surface area contributed by atoms with Gasteiger partial charge in [0.2, 0.25) is 0 Å². The first-order valence-corrected chi connectivity index (χ1v) is 6.33. The van der Waals surface area contributed by atoms with Crippen molar-refractivity contribution in [3.8, 4) is 0 Å². The molecule has 1 unspecified atom stereocenters. The van der Waals surface area contributed by atoms with E-state index in [2.05, 4.69) is 39.8 Å². The Kier molecular flexibility index (Phi) is 3.51. The molecule has 0 heterocycles. The Labute approximate surface area is 108 Å². The lowest BCUT2D eigenvalue weighted by Crippen LogP contribution is -2.04. The van der Waals surface area contributed by atoms with Gasteiger partial charge >= 0.3 is 0 Å². The van der Waals surface area contributed by atoms with Crippen LogP contribution in [0.4, 0.5) is 4.39 Å². The molecule has 0 nitrogen and oxygen atoms in total. The van der Waals surface area contributed by atoms with E-state index in [4.69, 9.17) is 0 Å². The predicted octanol–water partition coefficient (Wildman–Crippen LogP) is 4.90. The smallest absolute Gasteiger partial charge is 0.127 e. The average Bonchev–Trinajstić information content (AvgIpc) is 2.27. The van der Waals surface area contributed by atoms with Crippen molar-refractivity contribution in [3.05, 3.63) is 70.0 Å². The minimum Gasteiger partial charge on any atom is -0.207 e. The molecule has 0 fully saturated rings. The van der Waals surface area contributed by atoms with Crippen molar-refractivity contribution in [2.24, 2.45) is 0 Å². The van der Waals surface area contributed by atoms with Gasteiger partial charge in [0.25, 0.3) is 0 Å². The van der Waals surface area contributed by atoms with Crippen LogP contribution in [-0.2, 0) is 0 Å². The number of benzene rings is 2. The van der Waals surface area contributed by atoms with Crippen molar-refractivity contribution < 1.29 is 4.39 Å². The minimum absolute atomic E-state index is 0.0896. The Balaban J connectivity index is 2.53. The lowest BCUT2D eigenvalue weighted by atomic mass is 9.86. The lowest BCUT2D eigenvalue weighted by molar-refractivity contribution is 0.602. The van der Waals surface area contributed by atoms with Gasteiger partial charge in [-0.2, -0.15) is 0 Å². The Hall–Kier alpha value is -1.63. The van der Waals surface area contributed by atoms with Gasteiger partial charge in [0.05, 0.1) is 0 Å². The zero-order chi connectivity index (χ0) is 13.3. The fourth-order valence-corrected chi connectivity index (χ4v) is 2.86. The Morgan fingerprint density at radius 2 is 1.50 bits per heavy atom. The monoisotopic (exact) mass is 242 g/mol. The largest absolute Gasteiger partial charge is 0.207 e. The molecule has 0 bridgehead atoms. The Morgan fingerprint density at radius 1 is 0.944 bits per heavy atom. The van der Waals surface area contributed by atoms with Gasteiger partial charge in [-0.05, 0) is 49.1 Å². The molecule has 0 aromatic heterocycles. The number of rotatable bonds is 2. The molecule has 2 rings (SSSR count). The van der Waals surface area contributed by atoms with E-state index in [9.17, 15) is 4.39 Å². The molecule has 0 N–H and O–H groups in total. The van der Waals surface area contributed by atoms with Crippen LogP contribution in [0.15, 0.2) is 36.4 Å². The summed E-state index contributed by atoms with van der Waals surface area (Å²) in [5.74, 6) is -0.0313. The molecule has 1 atom stereocenters. The fraction of sp³-hybridized carbons (Fsp3) is 0.294. The summed E-state index contributed by atoms with van der Waals surface area (Å²) in [6, 6.07) is 11.4. The van der Waals surface area contributed by atoms with E-state index in [1.54, 1.807) is 6.07 Å². The molecule has 2 aromatic rings. The summed E-state index contributed by atoms with van der Waals surface area (Å²) in [6.07, 6.45) is 0. The molecule has 18 heavy (non-hydrogen) atoms. The van der Waals surface area contributed by atoms with Gasteiger partial charge in [-0.15, -0.1) is 0 Å².